The molecule has 0 nitrogen and oxygen atoms in total. The highest BCUT2D eigenvalue weighted by molar-refractivity contribution is 7.24. The van der Waals surface area contributed by atoms with Crippen LogP contribution in [0.4, 0.5) is 0 Å². The number of benzene rings is 1. The molecule has 0 amide bonds. The Hall–Kier alpha value is -1.98. The molecule has 0 atom stereocenters. The fraction of sp³-hybridized carbons (Fsp3) is 0. The van der Waals surface area contributed by atoms with Crippen LogP contribution in [0.5, 0.6) is 0 Å². The van der Waals surface area contributed by atoms with E-state index in [0.717, 1.165) is 0 Å². The summed E-state index contributed by atoms with van der Waals surface area (Å²) in [5, 5.41) is 4.28. The third-order valence-corrected chi connectivity index (χ3v) is 8.57. The molecule has 26 heavy (non-hydrogen) atoms. The van der Waals surface area contributed by atoms with Crippen molar-refractivity contribution in [3.05, 3.63) is 83.6 Å². The molecule has 0 bridgehead atoms. The predicted octanol–water partition coefficient (Wildman–Crippen LogP) is 8.60. The Morgan fingerprint density at radius 3 is 1.27 bits per heavy atom. The molecule has 0 fully saturated rings. The van der Waals surface area contributed by atoms with E-state index in [-0.39, 0.29) is 0 Å². The molecular weight excluding hydrogens is 393 g/mol. The largest absolute Gasteiger partial charge is 0.143 e. The summed E-state index contributed by atoms with van der Waals surface area (Å²) in [5.41, 5.74) is 2.64. The lowest BCUT2D eigenvalue weighted by Gasteiger charge is -2.05. The van der Waals surface area contributed by atoms with Crippen molar-refractivity contribution in [2.24, 2.45) is 0 Å². The van der Waals surface area contributed by atoms with Gasteiger partial charge in [0.2, 0.25) is 0 Å². The number of rotatable bonds is 4. The van der Waals surface area contributed by atoms with Gasteiger partial charge >= 0.3 is 0 Å². The summed E-state index contributed by atoms with van der Waals surface area (Å²) in [6, 6.07) is 26.4. The molecule has 0 unspecified atom stereocenters. The number of hydrogen-bond donors (Lipinski definition) is 0. The summed E-state index contributed by atoms with van der Waals surface area (Å²) >= 11 is 7.35. The summed E-state index contributed by atoms with van der Waals surface area (Å²) in [6.45, 7) is 0. The Bertz CT molecular complexity index is 1030. The lowest BCUT2D eigenvalue weighted by atomic mass is 10.0. The van der Waals surface area contributed by atoms with E-state index in [1.54, 1.807) is 22.7 Å². The van der Waals surface area contributed by atoms with Crippen LogP contribution in [-0.4, -0.2) is 0 Å². The van der Waals surface area contributed by atoms with Crippen LogP contribution in [0.15, 0.2) is 83.6 Å². The molecule has 1 aromatic carbocycles. The third kappa shape index (κ3) is 2.99. The zero-order valence-corrected chi connectivity index (χ0v) is 17.0. The third-order valence-electron chi connectivity index (χ3n) is 4.20. The van der Waals surface area contributed by atoms with E-state index in [1.807, 2.05) is 22.7 Å². The first-order valence-corrected chi connectivity index (χ1v) is 11.6. The highest BCUT2D eigenvalue weighted by Crippen LogP contribution is 2.43. The second-order valence-corrected chi connectivity index (χ2v) is 9.89. The molecule has 126 valence electrons. The standard InChI is InChI=1S/C22H14S4/c1-2-6-16(18-10-12-22(26-18)20-8-4-14-24-20)15(5-1)17-9-11-21(25-17)19-7-3-13-23-19/h1-14H. The van der Waals surface area contributed by atoms with Crippen molar-refractivity contribution in [2.75, 3.05) is 0 Å². The van der Waals surface area contributed by atoms with Gasteiger partial charge in [0.25, 0.3) is 0 Å². The van der Waals surface area contributed by atoms with Gasteiger partial charge in [0.15, 0.2) is 0 Å². The monoisotopic (exact) mass is 406 g/mol. The highest BCUT2D eigenvalue weighted by Gasteiger charge is 2.13. The summed E-state index contributed by atoms with van der Waals surface area (Å²) in [4.78, 5) is 8.03. The molecule has 0 spiro atoms. The van der Waals surface area contributed by atoms with Gasteiger partial charge in [0, 0.05) is 40.4 Å². The maximum Gasteiger partial charge on any atom is 0.0449 e. The van der Waals surface area contributed by atoms with Crippen molar-refractivity contribution in [1.82, 2.24) is 0 Å². The Labute approximate surface area is 168 Å². The first kappa shape index (κ1) is 16.2. The quantitative estimate of drug-likeness (QED) is 0.280. The van der Waals surface area contributed by atoms with E-state index in [2.05, 4.69) is 83.6 Å². The Balaban J connectivity index is 1.56. The van der Waals surface area contributed by atoms with Gasteiger partial charge in [0.1, 0.15) is 0 Å². The second kappa shape index (κ2) is 6.97. The SMILES string of the molecule is c1csc(-c2ccc(-c3ccccc3-c3ccc(-c4cccs4)s3)s2)c1. The van der Waals surface area contributed by atoms with Crippen molar-refractivity contribution < 1.29 is 0 Å². The van der Waals surface area contributed by atoms with E-state index >= 15 is 0 Å². The van der Waals surface area contributed by atoms with Crippen LogP contribution in [0.1, 0.15) is 0 Å². The molecule has 5 rings (SSSR count). The van der Waals surface area contributed by atoms with Crippen molar-refractivity contribution in [3.63, 3.8) is 0 Å². The average Bonchev–Trinajstić information content (AvgIpc) is 3.49. The van der Waals surface area contributed by atoms with Crippen LogP contribution in [0.3, 0.4) is 0 Å². The molecule has 0 saturated heterocycles. The maximum atomic E-state index is 2.26. The van der Waals surface area contributed by atoms with Crippen LogP contribution in [0.25, 0.3) is 40.4 Å². The highest BCUT2D eigenvalue weighted by atomic mass is 32.1. The first-order chi connectivity index (χ1) is 12.9. The van der Waals surface area contributed by atoms with Gasteiger partial charge in [0.05, 0.1) is 0 Å². The van der Waals surface area contributed by atoms with E-state index < -0.39 is 0 Å². The molecule has 5 aromatic rings. The van der Waals surface area contributed by atoms with Gasteiger partial charge in [-0.2, -0.15) is 0 Å². The normalized spacial score (nSPS) is 11.1. The van der Waals surface area contributed by atoms with Crippen molar-refractivity contribution in [3.8, 4) is 40.4 Å². The van der Waals surface area contributed by atoms with Crippen molar-refractivity contribution in [1.29, 1.82) is 0 Å². The van der Waals surface area contributed by atoms with Gasteiger partial charge < -0.3 is 0 Å². The number of hydrogen-bond acceptors (Lipinski definition) is 4. The Morgan fingerprint density at radius 1 is 0.385 bits per heavy atom. The fourth-order valence-corrected chi connectivity index (χ4v) is 6.74. The van der Waals surface area contributed by atoms with Crippen LogP contribution in [0, 0.1) is 0 Å². The van der Waals surface area contributed by atoms with Crippen LogP contribution >= 0.6 is 45.3 Å². The molecular formula is C22H14S4. The summed E-state index contributed by atoms with van der Waals surface area (Å²) in [6.07, 6.45) is 0. The molecule has 4 aromatic heterocycles. The predicted molar refractivity (Wildman–Crippen MR) is 120 cm³/mol. The topological polar surface area (TPSA) is 0 Å². The minimum atomic E-state index is 1.32. The van der Waals surface area contributed by atoms with E-state index in [9.17, 15) is 0 Å². The van der Waals surface area contributed by atoms with E-state index in [1.165, 1.54) is 40.4 Å². The average molecular weight is 407 g/mol. The molecule has 4 heterocycles. The zero-order chi connectivity index (χ0) is 17.3. The Morgan fingerprint density at radius 2 is 0.846 bits per heavy atom. The molecule has 4 heteroatoms. The maximum absolute atomic E-state index is 2.26. The van der Waals surface area contributed by atoms with Gasteiger partial charge in [-0.15, -0.1) is 45.3 Å². The molecule has 0 N–H and O–H groups in total. The molecule has 0 aliphatic carbocycles. The van der Waals surface area contributed by atoms with Crippen molar-refractivity contribution in [2.45, 2.75) is 0 Å². The van der Waals surface area contributed by atoms with Crippen LogP contribution in [-0.2, 0) is 0 Å². The zero-order valence-electron chi connectivity index (χ0n) is 13.7. The fourth-order valence-electron chi connectivity index (χ4n) is 2.98. The van der Waals surface area contributed by atoms with Crippen LogP contribution < -0.4 is 0 Å². The van der Waals surface area contributed by atoms with Gasteiger partial charge in [-0.3, -0.25) is 0 Å². The molecule has 0 aliphatic rings. The molecule has 0 radical (unpaired) electrons. The number of thiophene rings is 4. The lowest BCUT2D eigenvalue weighted by molar-refractivity contribution is 1.68. The van der Waals surface area contributed by atoms with Crippen molar-refractivity contribution >= 4 is 45.3 Å². The second-order valence-electron chi connectivity index (χ2n) is 5.83. The van der Waals surface area contributed by atoms with Gasteiger partial charge in [-0.05, 0) is 47.2 Å². The molecule has 0 aliphatic heterocycles. The van der Waals surface area contributed by atoms with Crippen LogP contribution in [0.2, 0.25) is 0 Å². The summed E-state index contributed by atoms with van der Waals surface area (Å²) < 4.78 is 0. The van der Waals surface area contributed by atoms with Gasteiger partial charge in [-0.25, -0.2) is 0 Å². The first-order valence-electron chi connectivity index (χ1n) is 8.26. The van der Waals surface area contributed by atoms with E-state index in [0.29, 0.717) is 0 Å². The van der Waals surface area contributed by atoms with Gasteiger partial charge in [-0.1, -0.05) is 36.4 Å². The summed E-state index contributed by atoms with van der Waals surface area (Å²) in [5.74, 6) is 0. The van der Waals surface area contributed by atoms with E-state index in [4.69, 9.17) is 0 Å². The molecule has 0 saturated carbocycles. The smallest absolute Gasteiger partial charge is 0.0449 e. The Kier molecular flexibility index (Phi) is 4.35. The minimum Gasteiger partial charge on any atom is -0.143 e. The summed E-state index contributed by atoms with van der Waals surface area (Å²) in [7, 11) is 0. The lowest BCUT2D eigenvalue weighted by Crippen LogP contribution is -1.78. The minimum absolute atomic E-state index is 1.32.